The summed E-state index contributed by atoms with van der Waals surface area (Å²) in [6.45, 7) is 4.16. The molecule has 1 nitrogen and oxygen atoms in total. The highest BCUT2D eigenvalue weighted by Gasteiger charge is 1.90. The number of aliphatic hydroxyl groups is 1. The molecule has 0 fully saturated rings. The average Bonchev–Trinajstić information content (AvgIpc) is 2.39. The third-order valence-electron chi connectivity index (χ3n) is 2.93. The first-order valence-electron chi connectivity index (χ1n) is 7.47. The van der Waals surface area contributed by atoms with Crippen molar-refractivity contribution in [2.24, 2.45) is 0 Å². The van der Waals surface area contributed by atoms with Crippen molar-refractivity contribution in [3.05, 3.63) is 0 Å². The predicted molar refractivity (Wildman–Crippen MR) is 79.1 cm³/mol. The van der Waals surface area contributed by atoms with Gasteiger partial charge in [0.05, 0.1) is 0 Å². The zero-order valence-electron chi connectivity index (χ0n) is 12.1. The molecule has 0 amide bonds. The molecule has 0 bridgehead atoms. The van der Waals surface area contributed by atoms with E-state index >= 15 is 0 Å². The van der Waals surface area contributed by atoms with Crippen LogP contribution in [0.25, 0.3) is 0 Å². The molecular formula is C17H28O. The maximum Gasteiger partial charge on any atom is 0.115 e. The van der Waals surface area contributed by atoms with Crippen LogP contribution in [-0.4, -0.2) is 11.2 Å². The van der Waals surface area contributed by atoms with E-state index in [1.807, 2.05) is 6.92 Å². The Hall–Kier alpha value is -0.920. The molecule has 0 saturated heterocycles. The molecule has 1 atom stereocenters. The minimum Gasteiger partial charge on any atom is -0.380 e. The molecule has 1 N–H and O–H groups in total. The first kappa shape index (κ1) is 17.1. The smallest absolute Gasteiger partial charge is 0.115 e. The molecule has 0 spiro atoms. The molecule has 0 saturated carbocycles. The highest BCUT2D eigenvalue weighted by molar-refractivity contribution is 5.27. The Morgan fingerprint density at radius 1 is 0.833 bits per heavy atom. The minimum absolute atomic E-state index is 0.512. The van der Waals surface area contributed by atoms with Crippen LogP contribution >= 0.6 is 0 Å². The number of aliphatic hydroxyl groups excluding tert-OH is 1. The summed E-state index contributed by atoms with van der Waals surface area (Å²) in [5.74, 6) is 11.2. The molecule has 0 radical (unpaired) electrons. The van der Waals surface area contributed by atoms with Crippen LogP contribution in [0, 0.1) is 23.7 Å². The lowest BCUT2D eigenvalue weighted by molar-refractivity contribution is 0.228. The summed E-state index contributed by atoms with van der Waals surface area (Å²) in [5, 5.41) is 9.18. The quantitative estimate of drug-likeness (QED) is 0.476. The van der Waals surface area contributed by atoms with E-state index in [-0.39, 0.29) is 0 Å². The lowest BCUT2D eigenvalue weighted by Gasteiger charge is -1.98. The van der Waals surface area contributed by atoms with Gasteiger partial charge in [0.15, 0.2) is 0 Å². The zero-order chi connectivity index (χ0) is 13.5. The van der Waals surface area contributed by atoms with Crippen LogP contribution in [0.1, 0.15) is 78.1 Å². The van der Waals surface area contributed by atoms with E-state index in [0.29, 0.717) is 6.42 Å². The summed E-state index contributed by atoms with van der Waals surface area (Å²) >= 11 is 0. The molecule has 0 aromatic rings. The molecule has 102 valence electrons. The minimum atomic E-state index is -0.512. The van der Waals surface area contributed by atoms with Gasteiger partial charge >= 0.3 is 0 Å². The van der Waals surface area contributed by atoms with Gasteiger partial charge in [0.2, 0.25) is 0 Å². The monoisotopic (exact) mass is 248 g/mol. The van der Waals surface area contributed by atoms with E-state index < -0.39 is 6.10 Å². The summed E-state index contributed by atoms with van der Waals surface area (Å²) in [4.78, 5) is 0. The van der Waals surface area contributed by atoms with Gasteiger partial charge in [-0.2, -0.15) is 0 Å². The standard InChI is InChI=1S/C17H28O/c1-3-5-6-7-8-9-10-11-12-13-14-15-16-17(18)4-2/h17-18H,3-12H2,1-2H3. The van der Waals surface area contributed by atoms with E-state index in [1.165, 1.54) is 51.4 Å². The third-order valence-corrected chi connectivity index (χ3v) is 2.93. The van der Waals surface area contributed by atoms with E-state index in [1.54, 1.807) is 0 Å². The summed E-state index contributed by atoms with van der Waals surface area (Å²) < 4.78 is 0. The molecule has 0 heterocycles. The van der Waals surface area contributed by atoms with Crippen LogP contribution in [0.15, 0.2) is 0 Å². The Morgan fingerprint density at radius 3 is 2.06 bits per heavy atom. The third kappa shape index (κ3) is 13.1. The van der Waals surface area contributed by atoms with Crippen molar-refractivity contribution in [1.29, 1.82) is 0 Å². The normalized spacial score (nSPS) is 11.1. The zero-order valence-corrected chi connectivity index (χ0v) is 12.1. The molecule has 0 aromatic carbocycles. The maximum atomic E-state index is 9.18. The summed E-state index contributed by atoms with van der Waals surface area (Å²) in [5.41, 5.74) is 0. The largest absolute Gasteiger partial charge is 0.380 e. The van der Waals surface area contributed by atoms with Gasteiger partial charge in [-0.3, -0.25) is 0 Å². The Balaban J connectivity index is 3.29. The summed E-state index contributed by atoms with van der Waals surface area (Å²) in [7, 11) is 0. The number of hydrogen-bond acceptors (Lipinski definition) is 1. The van der Waals surface area contributed by atoms with E-state index in [0.717, 1.165) is 6.42 Å². The molecule has 0 rings (SSSR count). The lowest BCUT2D eigenvalue weighted by Crippen LogP contribution is -1.98. The highest BCUT2D eigenvalue weighted by Crippen LogP contribution is 2.08. The van der Waals surface area contributed by atoms with Gasteiger partial charge in [-0.1, -0.05) is 70.6 Å². The fourth-order valence-corrected chi connectivity index (χ4v) is 1.68. The Labute approximate surface area is 113 Å². The molecule has 0 aliphatic rings. The van der Waals surface area contributed by atoms with Crippen molar-refractivity contribution in [3.63, 3.8) is 0 Å². The van der Waals surface area contributed by atoms with Gasteiger partial charge in [-0.15, -0.1) is 0 Å². The number of unbranched alkanes of at least 4 members (excludes halogenated alkanes) is 8. The highest BCUT2D eigenvalue weighted by atomic mass is 16.3. The SMILES string of the molecule is CCCCCCCCCCC#CC#CC(O)CC. The molecule has 18 heavy (non-hydrogen) atoms. The molecule has 0 aliphatic heterocycles. The second-order valence-corrected chi connectivity index (χ2v) is 4.72. The van der Waals surface area contributed by atoms with E-state index in [2.05, 4.69) is 30.6 Å². The first-order chi connectivity index (χ1) is 8.81. The molecule has 1 heteroatoms. The van der Waals surface area contributed by atoms with Crippen molar-refractivity contribution in [1.82, 2.24) is 0 Å². The Bertz CT molecular complexity index is 284. The van der Waals surface area contributed by atoms with Gasteiger partial charge in [0, 0.05) is 6.42 Å². The topological polar surface area (TPSA) is 20.2 Å². The van der Waals surface area contributed by atoms with Crippen molar-refractivity contribution < 1.29 is 5.11 Å². The van der Waals surface area contributed by atoms with Crippen LogP contribution in [0.3, 0.4) is 0 Å². The van der Waals surface area contributed by atoms with Crippen LogP contribution in [0.5, 0.6) is 0 Å². The molecular weight excluding hydrogens is 220 g/mol. The van der Waals surface area contributed by atoms with E-state index in [9.17, 15) is 5.11 Å². The Morgan fingerprint density at radius 2 is 1.44 bits per heavy atom. The average molecular weight is 248 g/mol. The van der Waals surface area contributed by atoms with Crippen molar-refractivity contribution in [3.8, 4) is 23.7 Å². The molecule has 0 aromatic heterocycles. The lowest BCUT2D eigenvalue weighted by atomic mass is 10.1. The maximum absolute atomic E-state index is 9.18. The molecule has 1 unspecified atom stereocenters. The van der Waals surface area contributed by atoms with Gasteiger partial charge in [-0.25, -0.2) is 0 Å². The van der Waals surface area contributed by atoms with Crippen LogP contribution < -0.4 is 0 Å². The van der Waals surface area contributed by atoms with E-state index in [4.69, 9.17) is 0 Å². The van der Waals surface area contributed by atoms with Crippen molar-refractivity contribution in [2.45, 2.75) is 84.2 Å². The fraction of sp³-hybridized carbons (Fsp3) is 0.765. The van der Waals surface area contributed by atoms with Gasteiger partial charge in [0.25, 0.3) is 0 Å². The molecule has 0 aliphatic carbocycles. The predicted octanol–water partition coefficient (Wildman–Crippen LogP) is 4.29. The van der Waals surface area contributed by atoms with Crippen molar-refractivity contribution >= 4 is 0 Å². The number of hydrogen-bond donors (Lipinski definition) is 1. The first-order valence-corrected chi connectivity index (χ1v) is 7.47. The van der Waals surface area contributed by atoms with Crippen LogP contribution in [-0.2, 0) is 0 Å². The van der Waals surface area contributed by atoms with Gasteiger partial charge in [-0.05, 0) is 24.7 Å². The van der Waals surface area contributed by atoms with Crippen molar-refractivity contribution in [2.75, 3.05) is 0 Å². The van der Waals surface area contributed by atoms with Gasteiger partial charge in [0.1, 0.15) is 6.10 Å². The fourth-order valence-electron chi connectivity index (χ4n) is 1.68. The second-order valence-electron chi connectivity index (χ2n) is 4.72. The van der Waals surface area contributed by atoms with Gasteiger partial charge < -0.3 is 5.11 Å². The Kier molecular flexibility index (Phi) is 13.4. The summed E-state index contributed by atoms with van der Waals surface area (Å²) in [6, 6.07) is 0. The van der Waals surface area contributed by atoms with Crippen LogP contribution in [0.2, 0.25) is 0 Å². The second kappa shape index (κ2) is 14.1. The van der Waals surface area contributed by atoms with Crippen LogP contribution in [0.4, 0.5) is 0 Å². The summed E-state index contributed by atoms with van der Waals surface area (Å²) in [6.07, 6.45) is 11.8. The number of rotatable bonds is 9.